The summed E-state index contributed by atoms with van der Waals surface area (Å²) in [6.07, 6.45) is 1.85. The van der Waals surface area contributed by atoms with Gasteiger partial charge in [0.05, 0.1) is 0 Å². The molecule has 1 nitrogen and oxygen atoms in total. The number of Topliss-reactive ketones (excluding diaryl/α,β-unsaturated/α-hetero) is 1. The number of thiophene rings is 1. The van der Waals surface area contributed by atoms with Gasteiger partial charge in [-0.2, -0.15) is 0 Å². The van der Waals surface area contributed by atoms with Gasteiger partial charge in [-0.1, -0.05) is 6.07 Å². The number of carbonyl (C=O) groups excluding carboxylic acids is 1. The second-order valence-electron chi connectivity index (χ2n) is 2.72. The first-order valence-electron chi connectivity index (χ1n) is 4.26. The van der Waals surface area contributed by atoms with Crippen molar-refractivity contribution in [2.75, 3.05) is 0 Å². The van der Waals surface area contributed by atoms with E-state index in [1.165, 1.54) is 0 Å². The molecule has 0 radical (unpaired) electrons. The van der Waals surface area contributed by atoms with Crippen molar-refractivity contribution >= 4 is 17.1 Å². The van der Waals surface area contributed by atoms with E-state index in [0.717, 1.165) is 4.88 Å². The molecule has 68 valence electrons. The van der Waals surface area contributed by atoms with Crippen LogP contribution in [0.4, 0.5) is 0 Å². The Hall–Kier alpha value is -1.07. The summed E-state index contributed by atoms with van der Waals surface area (Å²) in [5.74, 6) is 5.96. The summed E-state index contributed by atoms with van der Waals surface area (Å²) in [5.41, 5.74) is 0. The Kier molecular flexibility index (Phi) is 4.28. The molecule has 0 spiro atoms. The van der Waals surface area contributed by atoms with E-state index in [1.807, 2.05) is 17.5 Å². The van der Waals surface area contributed by atoms with Gasteiger partial charge in [-0.3, -0.25) is 4.79 Å². The van der Waals surface area contributed by atoms with Crippen molar-refractivity contribution < 1.29 is 4.79 Å². The second-order valence-corrected chi connectivity index (χ2v) is 3.75. The van der Waals surface area contributed by atoms with Crippen LogP contribution in [0.25, 0.3) is 0 Å². The van der Waals surface area contributed by atoms with E-state index in [-0.39, 0.29) is 5.78 Å². The Balaban J connectivity index is 2.28. The molecular weight excluding hydrogens is 180 g/mol. The fourth-order valence-electron chi connectivity index (χ4n) is 1.02. The lowest BCUT2D eigenvalue weighted by molar-refractivity contribution is -0.118. The maximum Gasteiger partial charge on any atom is 0.139 e. The fourth-order valence-corrected chi connectivity index (χ4v) is 1.76. The van der Waals surface area contributed by atoms with Gasteiger partial charge in [0.15, 0.2) is 0 Å². The van der Waals surface area contributed by atoms with E-state index in [0.29, 0.717) is 19.3 Å². The smallest absolute Gasteiger partial charge is 0.139 e. The minimum Gasteiger partial charge on any atom is -0.299 e. The summed E-state index contributed by atoms with van der Waals surface area (Å²) in [5, 5.41) is 1.99. The second kappa shape index (κ2) is 5.55. The Bertz CT molecular complexity index is 314. The highest BCUT2D eigenvalue weighted by Gasteiger charge is 2.02. The molecule has 0 saturated heterocycles. The SMILES string of the molecule is CC#CCCC(=O)Cc1cccs1. The van der Waals surface area contributed by atoms with Gasteiger partial charge in [-0.25, -0.2) is 0 Å². The predicted molar refractivity (Wildman–Crippen MR) is 55.7 cm³/mol. The van der Waals surface area contributed by atoms with Crippen molar-refractivity contribution in [1.29, 1.82) is 0 Å². The molecule has 0 fully saturated rings. The van der Waals surface area contributed by atoms with Crippen molar-refractivity contribution in [1.82, 2.24) is 0 Å². The van der Waals surface area contributed by atoms with Crippen molar-refractivity contribution in [3.05, 3.63) is 22.4 Å². The largest absolute Gasteiger partial charge is 0.299 e. The molecule has 1 aromatic rings. The lowest BCUT2D eigenvalue weighted by Crippen LogP contribution is -1.99. The highest BCUT2D eigenvalue weighted by molar-refractivity contribution is 7.10. The molecule has 0 unspecified atom stereocenters. The molecule has 0 atom stereocenters. The van der Waals surface area contributed by atoms with Crippen LogP contribution >= 0.6 is 11.3 Å². The van der Waals surface area contributed by atoms with Crippen LogP contribution in [0.1, 0.15) is 24.6 Å². The maximum atomic E-state index is 11.3. The third-order valence-electron chi connectivity index (χ3n) is 1.66. The third kappa shape index (κ3) is 3.91. The first-order chi connectivity index (χ1) is 6.33. The molecule has 0 aromatic carbocycles. The van der Waals surface area contributed by atoms with Crippen LogP contribution in [-0.4, -0.2) is 5.78 Å². The third-order valence-corrected chi connectivity index (χ3v) is 2.53. The van der Waals surface area contributed by atoms with Gasteiger partial charge >= 0.3 is 0 Å². The lowest BCUT2D eigenvalue weighted by Gasteiger charge is -1.93. The summed E-state index contributed by atoms with van der Waals surface area (Å²) in [7, 11) is 0. The first kappa shape index (κ1) is 10.0. The zero-order valence-electron chi connectivity index (χ0n) is 7.67. The molecule has 13 heavy (non-hydrogen) atoms. The van der Waals surface area contributed by atoms with Gasteiger partial charge in [-0.05, 0) is 18.4 Å². The predicted octanol–water partition coefficient (Wildman–Crippen LogP) is 2.66. The number of rotatable bonds is 4. The van der Waals surface area contributed by atoms with Gasteiger partial charge in [0.25, 0.3) is 0 Å². The molecule has 2 heteroatoms. The van der Waals surface area contributed by atoms with E-state index < -0.39 is 0 Å². The van der Waals surface area contributed by atoms with Crippen LogP contribution in [0.15, 0.2) is 17.5 Å². The van der Waals surface area contributed by atoms with Gasteiger partial charge in [0.1, 0.15) is 5.78 Å². The van der Waals surface area contributed by atoms with E-state index in [1.54, 1.807) is 18.3 Å². The molecule has 0 N–H and O–H groups in total. The molecule has 0 aliphatic rings. The Morgan fingerprint density at radius 1 is 1.62 bits per heavy atom. The molecule has 0 amide bonds. The average Bonchev–Trinajstić information content (AvgIpc) is 2.57. The summed E-state index contributed by atoms with van der Waals surface area (Å²) < 4.78 is 0. The molecule has 1 rings (SSSR count). The van der Waals surface area contributed by atoms with E-state index in [9.17, 15) is 4.79 Å². The zero-order valence-corrected chi connectivity index (χ0v) is 8.49. The summed E-state index contributed by atoms with van der Waals surface area (Å²) in [4.78, 5) is 12.5. The molecule has 0 bridgehead atoms. The van der Waals surface area contributed by atoms with Crippen LogP contribution in [0.3, 0.4) is 0 Å². The van der Waals surface area contributed by atoms with Gasteiger partial charge in [0, 0.05) is 24.1 Å². The Morgan fingerprint density at radius 3 is 3.08 bits per heavy atom. The standard InChI is InChI=1S/C11H12OS/c1-2-3-4-6-10(12)9-11-7-5-8-13-11/h5,7-8H,4,6,9H2,1H3. The normalized spacial score (nSPS) is 9.00. The average molecular weight is 192 g/mol. The molecular formula is C11H12OS. The lowest BCUT2D eigenvalue weighted by atomic mass is 10.1. The van der Waals surface area contributed by atoms with Crippen molar-refractivity contribution in [2.24, 2.45) is 0 Å². The van der Waals surface area contributed by atoms with E-state index in [2.05, 4.69) is 11.8 Å². The summed E-state index contributed by atoms with van der Waals surface area (Å²) in [6.45, 7) is 1.80. The molecule has 0 aliphatic carbocycles. The van der Waals surface area contributed by atoms with Gasteiger partial charge < -0.3 is 0 Å². The first-order valence-corrected chi connectivity index (χ1v) is 5.14. The van der Waals surface area contributed by atoms with Crippen LogP contribution in [0.2, 0.25) is 0 Å². The Labute approximate surface area is 82.8 Å². The van der Waals surface area contributed by atoms with Crippen molar-refractivity contribution in [3.63, 3.8) is 0 Å². The van der Waals surface area contributed by atoms with Gasteiger partial charge in [0.2, 0.25) is 0 Å². The van der Waals surface area contributed by atoms with E-state index >= 15 is 0 Å². The number of ketones is 1. The minimum atomic E-state index is 0.283. The zero-order chi connectivity index (χ0) is 9.52. The molecule has 0 aliphatic heterocycles. The number of hydrogen-bond acceptors (Lipinski definition) is 2. The molecule has 1 aromatic heterocycles. The van der Waals surface area contributed by atoms with Crippen LogP contribution in [0.5, 0.6) is 0 Å². The highest BCUT2D eigenvalue weighted by atomic mass is 32.1. The van der Waals surface area contributed by atoms with Crippen molar-refractivity contribution in [2.45, 2.75) is 26.2 Å². The highest BCUT2D eigenvalue weighted by Crippen LogP contribution is 2.10. The molecule has 0 saturated carbocycles. The van der Waals surface area contributed by atoms with Crippen LogP contribution in [0, 0.1) is 11.8 Å². The van der Waals surface area contributed by atoms with Crippen molar-refractivity contribution in [3.8, 4) is 11.8 Å². The monoisotopic (exact) mass is 192 g/mol. The quantitative estimate of drug-likeness (QED) is 0.670. The summed E-state index contributed by atoms with van der Waals surface area (Å²) >= 11 is 1.63. The number of hydrogen-bond donors (Lipinski definition) is 0. The van der Waals surface area contributed by atoms with E-state index in [4.69, 9.17) is 0 Å². The maximum absolute atomic E-state index is 11.3. The Morgan fingerprint density at radius 2 is 2.46 bits per heavy atom. The van der Waals surface area contributed by atoms with Crippen LogP contribution < -0.4 is 0 Å². The summed E-state index contributed by atoms with van der Waals surface area (Å²) in [6, 6.07) is 3.97. The fraction of sp³-hybridized carbons (Fsp3) is 0.364. The van der Waals surface area contributed by atoms with Gasteiger partial charge in [-0.15, -0.1) is 23.2 Å². The number of carbonyl (C=O) groups is 1. The molecule has 1 heterocycles. The topological polar surface area (TPSA) is 17.1 Å². The minimum absolute atomic E-state index is 0.283. The van der Waals surface area contributed by atoms with Crippen LogP contribution in [-0.2, 0) is 11.2 Å².